The van der Waals surface area contributed by atoms with E-state index in [0.717, 1.165) is 0 Å². The summed E-state index contributed by atoms with van der Waals surface area (Å²) in [5.74, 6) is -1.29. The minimum absolute atomic E-state index is 0.371. The highest BCUT2D eigenvalue weighted by Gasteiger charge is 2.20. The monoisotopic (exact) mass is 291 g/mol. The highest BCUT2D eigenvalue weighted by molar-refractivity contribution is 5.85. The van der Waals surface area contributed by atoms with E-state index in [0.29, 0.717) is 0 Å². The third-order valence-corrected chi connectivity index (χ3v) is 1.54. The summed E-state index contributed by atoms with van der Waals surface area (Å²) in [6, 6.07) is 0. The van der Waals surface area contributed by atoms with Crippen LogP contribution in [-0.4, -0.2) is 30.3 Å². The van der Waals surface area contributed by atoms with Crippen molar-refractivity contribution in [3.8, 4) is 0 Å². The summed E-state index contributed by atoms with van der Waals surface area (Å²) in [7, 11) is 0. The molecule has 0 radical (unpaired) electrons. The lowest BCUT2D eigenvalue weighted by Gasteiger charge is -2.23. The average Bonchev–Trinajstić information content (AvgIpc) is 2.22. The standard InChI is InChI=1S/C12H20O8/c1-7(19-20-12(4,5)6)10(13)17-8(2)16-9(3)18-11(14)15/h8-9H,1H2,2-6H3,(H,14,15)/p-1. The van der Waals surface area contributed by atoms with Gasteiger partial charge >= 0.3 is 5.97 Å². The van der Waals surface area contributed by atoms with Crippen LogP contribution >= 0.6 is 0 Å². The van der Waals surface area contributed by atoms with Crippen molar-refractivity contribution in [3.05, 3.63) is 12.3 Å². The Morgan fingerprint density at radius 1 is 1.10 bits per heavy atom. The van der Waals surface area contributed by atoms with Gasteiger partial charge in [-0.2, -0.15) is 4.89 Å². The fourth-order valence-electron chi connectivity index (χ4n) is 0.887. The van der Waals surface area contributed by atoms with Crippen LogP contribution < -0.4 is 5.11 Å². The van der Waals surface area contributed by atoms with Gasteiger partial charge in [-0.3, -0.25) is 0 Å². The van der Waals surface area contributed by atoms with Gasteiger partial charge in [-0.1, -0.05) is 0 Å². The van der Waals surface area contributed by atoms with Gasteiger partial charge in [-0.25, -0.2) is 4.79 Å². The number of rotatable bonds is 7. The molecule has 0 rings (SSSR count). The number of esters is 1. The summed E-state index contributed by atoms with van der Waals surface area (Å²) >= 11 is 0. The van der Waals surface area contributed by atoms with Gasteiger partial charge in [0.25, 0.3) is 6.16 Å². The van der Waals surface area contributed by atoms with E-state index in [1.807, 2.05) is 0 Å². The second-order valence-electron chi connectivity index (χ2n) is 4.75. The van der Waals surface area contributed by atoms with Crippen molar-refractivity contribution in [2.75, 3.05) is 0 Å². The number of hydrogen-bond acceptors (Lipinski definition) is 8. The summed E-state index contributed by atoms with van der Waals surface area (Å²) in [5, 5.41) is 10.1. The van der Waals surface area contributed by atoms with Gasteiger partial charge in [0.1, 0.15) is 11.9 Å². The third-order valence-electron chi connectivity index (χ3n) is 1.54. The highest BCUT2D eigenvalue weighted by Crippen LogP contribution is 2.12. The van der Waals surface area contributed by atoms with Gasteiger partial charge in [0.05, 0.1) is 0 Å². The van der Waals surface area contributed by atoms with E-state index in [4.69, 9.17) is 14.4 Å². The zero-order chi connectivity index (χ0) is 15.9. The summed E-state index contributed by atoms with van der Waals surface area (Å²) in [6.45, 7) is 11.1. The van der Waals surface area contributed by atoms with E-state index in [-0.39, 0.29) is 5.76 Å². The lowest BCUT2D eigenvalue weighted by molar-refractivity contribution is -0.323. The molecule has 0 fully saturated rings. The van der Waals surface area contributed by atoms with E-state index in [9.17, 15) is 14.7 Å². The van der Waals surface area contributed by atoms with Crippen LogP contribution in [-0.2, 0) is 28.8 Å². The molecule has 2 unspecified atom stereocenters. The van der Waals surface area contributed by atoms with Gasteiger partial charge in [0, 0.05) is 0 Å². The average molecular weight is 291 g/mol. The zero-order valence-electron chi connectivity index (χ0n) is 12.1. The Hall–Kier alpha value is -1.80. The van der Waals surface area contributed by atoms with Gasteiger partial charge < -0.3 is 29.0 Å². The molecule has 0 saturated heterocycles. The van der Waals surface area contributed by atoms with Crippen LogP contribution in [0, 0.1) is 0 Å². The lowest BCUT2D eigenvalue weighted by atomic mass is 10.2. The number of carboxylic acid groups (broad SMARTS) is 1. The Bertz CT molecular complexity index is 357. The quantitative estimate of drug-likeness (QED) is 0.170. The van der Waals surface area contributed by atoms with Crippen LogP contribution in [0.2, 0.25) is 0 Å². The van der Waals surface area contributed by atoms with E-state index < -0.39 is 30.3 Å². The Balaban J connectivity index is 4.12. The molecular formula is C12H19O8-. The molecule has 2 atom stereocenters. The smallest absolute Gasteiger partial charge is 0.379 e. The van der Waals surface area contributed by atoms with Crippen LogP contribution in [0.4, 0.5) is 4.79 Å². The molecule has 8 heteroatoms. The van der Waals surface area contributed by atoms with Crippen LogP contribution in [0.5, 0.6) is 0 Å². The van der Waals surface area contributed by atoms with E-state index in [1.165, 1.54) is 13.8 Å². The van der Waals surface area contributed by atoms with Gasteiger partial charge in [-0.05, 0) is 41.2 Å². The molecule has 0 N–H and O–H groups in total. The van der Waals surface area contributed by atoms with Crippen molar-refractivity contribution in [2.45, 2.75) is 52.8 Å². The molecule has 0 aliphatic carbocycles. The van der Waals surface area contributed by atoms with Gasteiger partial charge in [0.15, 0.2) is 0 Å². The van der Waals surface area contributed by atoms with Crippen molar-refractivity contribution in [2.24, 2.45) is 0 Å². The van der Waals surface area contributed by atoms with Crippen molar-refractivity contribution in [1.82, 2.24) is 0 Å². The van der Waals surface area contributed by atoms with Crippen molar-refractivity contribution in [1.29, 1.82) is 0 Å². The molecule has 8 nitrogen and oxygen atoms in total. The van der Waals surface area contributed by atoms with E-state index >= 15 is 0 Å². The summed E-state index contributed by atoms with van der Waals surface area (Å²) in [4.78, 5) is 31.2. The minimum Gasteiger partial charge on any atom is -0.521 e. The van der Waals surface area contributed by atoms with Gasteiger partial charge in [-0.15, -0.1) is 0 Å². The Morgan fingerprint density at radius 3 is 2.05 bits per heavy atom. The molecule has 0 aliphatic rings. The normalized spacial score (nSPS) is 14.1. The summed E-state index contributed by atoms with van der Waals surface area (Å²) < 4.78 is 13.8. The minimum atomic E-state index is -1.75. The highest BCUT2D eigenvalue weighted by atomic mass is 17.2. The lowest BCUT2D eigenvalue weighted by Crippen LogP contribution is -2.32. The first-order chi connectivity index (χ1) is 9.01. The van der Waals surface area contributed by atoms with Gasteiger partial charge in [0.2, 0.25) is 12.0 Å². The van der Waals surface area contributed by atoms with E-state index in [2.05, 4.69) is 16.2 Å². The first-order valence-electron chi connectivity index (χ1n) is 5.80. The molecule has 0 aliphatic heterocycles. The molecule has 20 heavy (non-hydrogen) atoms. The predicted molar refractivity (Wildman–Crippen MR) is 63.6 cm³/mol. The SMILES string of the molecule is C=C(OOC(C)(C)C)C(=O)OC(C)OC(C)OC(=O)[O-]. The first kappa shape index (κ1) is 18.2. The molecular weight excluding hydrogens is 272 g/mol. The number of carbonyl (C=O) groups excluding carboxylic acids is 2. The maximum absolute atomic E-state index is 11.5. The van der Waals surface area contributed by atoms with Crippen LogP contribution in [0.3, 0.4) is 0 Å². The fraction of sp³-hybridized carbons (Fsp3) is 0.667. The van der Waals surface area contributed by atoms with Crippen LogP contribution in [0.15, 0.2) is 12.3 Å². The number of hydrogen-bond donors (Lipinski definition) is 0. The second-order valence-corrected chi connectivity index (χ2v) is 4.75. The summed E-state index contributed by atoms with van der Waals surface area (Å²) in [6.07, 6.45) is -3.98. The number of ether oxygens (including phenoxy) is 3. The van der Waals surface area contributed by atoms with Crippen molar-refractivity contribution in [3.63, 3.8) is 0 Å². The van der Waals surface area contributed by atoms with E-state index in [1.54, 1.807) is 20.8 Å². The zero-order valence-corrected chi connectivity index (χ0v) is 12.1. The second kappa shape index (κ2) is 7.71. The Morgan fingerprint density at radius 2 is 1.60 bits per heavy atom. The molecule has 116 valence electrons. The Kier molecular flexibility index (Phi) is 7.01. The maximum Gasteiger partial charge on any atom is 0.379 e. The van der Waals surface area contributed by atoms with Crippen molar-refractivity contribution >= 4 is 12.1 Å². The van der Waals surface area contributed by atoms with Crippen LogP contribution in [0.25, 0.3) is 0 Å². The fourth-order valence-corrected chi connectivity index (χ4v) is 0.887. The molecule has 0 heterocycles. The largest absolute Gasteiger partial charge is 0.521 e. The van der Waals surface area contributed by atoms with Crippen molar-refractivity contribution < 1.29 is 38.7 Å². The molecule has 0 saturated carbocycles. The summed E-state index contributed by atoms with van der Waals surface area (Å²) in [5.41, 5.74) is -0.623. The molecule has 0 aromatic carbocycles. The maximum atomic E-state index is 11.5. The number of carbonyl (C=O) groups is 2. The topological polar surface area (TPSA) is 103 Å². The third kappa shape index (κ3) is 9.17. The first-order valence-corrected chi connectivity index (χ1v) is 5.80. The molecule has 0 aromatic rings. The molecule has 0 spiro atoms. The Labute approximate surface area is 117 Å². The molecule has 0 bridgehead atoms. The predicted octanol–water partition coefficient (Wildman–Crippen LogP) is 0.858. The molecule has 0 amide bonds. The van der Waals surface area contributed by atoms with Crippen LogP contribution in [0.1, 0.15) is 34.6 Å². The molecule has 0 aromatic heterocycles.